The van der Waals surface area contributed by atoms with Crippen molar-refractivity contribution >= 4 is 43.4 Å². The van der Waals surface area contributed by atoms with Gasteiger partial charge in [-0.25, -0.2) is 0 Å². The average Bonchev–Trinajstić information content (AvgIpc) is 2.86. The van der Waals surface area contributed by atoms with Gasteiger partial charge in [-0.1, -0.05) is 60.7 Å². The lowest BCUT2D eigenvalue weighted by Crippen LogP contribution is -2.15. The van der Waals surface area contributed by atoms with E-state index in [9.17, 15) is 9.59 Å². The molecule has 5 rings (SSSR count). The Hall–Kier alpha value is -4.18. The van der Waals surface area contributed by atoms with Gasteiger partial charge in [-0.15, -0.1) is 0 Å². The number of nitrogens with zero attached hydrogens (tertiary/aromatic N) is 2. The van der Waals surface area contributed by atoms with E-state index in [0.29, 0.717) is 10.8 Å². The highest BCUT2D eigenvalue weighted by Crippen LogP contribution is 2.20. The summed E-state index contributed by atoms with van der Waals surface area (Å²) in [7, 11) is 3.58. The first-order valence-electron chi connectivity index (χ1n) is 10.5. The van der Waals surface area contributed by atoms with E-state index >= 15 is 0 Å². The van der Waals surface area contributed by atoms with E-state index in [2.05, 4.69) is 0 Å². The zero-order valence-corrected chi connectivity index (χ0v) is 17.9. The van der Waals surface area contributed by atoms with Crippen molar-refractivity contribution in [3.63, 3.8) is 0 Å². The Bertz CT molecular complexity index is 1610. The van der Waals surface area contributed by atoms with E-state index < -0.39 is 0 Å². The molecule has 4 bridgehead atoms. The molecule has 0 fully saturated rings. The first kappa shape index (κ1) is 19.8. The summed E-state index contributed by atoms with van der Waals surface area (Å²) < 4.78 is 3.35. The van der Waals surface area contributed by atoms with Crippen LogP contribution in [-0.2, 0) is 14.1 Å². The summed E-state index contributed by atoms with van der Waals surface area (Å²) in [6, 6.07) is 30.7. The van der Waals surface area contributed by atoms with Crippen LogP contribution in [0.2, 0.25) is 0 Å². The lowest BCUT2D eigenvalue weighted by atomic mass is 10.1. The molecular formula is C28H22N2O2. The molecule has 0 aliphatic carbocycles. The molecule has 4 aromatic carbocycles. The van der Waals surface area contributed by atoms with Crippen molar-refractivity contribution in [3.05, 3.63) is 118 Å². The maximum atomic E-state index is 13.5. The minimum absolute atomic E-state index is 0.0885. The summed E-state index contributed by atoms with van der Waals surface area (Å²) in [5.41, 5.74) is 1.40. The highest BCUT2D eigenvalue weighted by Gasteiger charge is 2.03. The standard InChI is InChI=1S/C28H22N2O2/c1-29-25-15-5-3-13-23(25)19-9-8-12-22(18-19)28(32)30(2)26-16-6-4-14-24(26)20-10-7-11-21(17-20)27(29)31/h3-18H,1-2H3. The summed E-state index contributed by atoms with van der Waals surface area (Å²) in [4.78, 5) is 26.9. The van der Waals surface area contributed by atoms with Crippen LogP contribution in [0.25, 0.3) is 43.4 Å². The number of hydrogen-bond donors (Lipinski definition) is 0. The minimum atomic E-state index is -0.0885. The molecule has 0 saturated heterocycles. The van der Waals surface area contributed by atoms with Crippen molar-refractivity contribution in [2.75, 3.05) is 0 Å². The monoisotopic (exact) mass is 418 g/mol. The smallest absolute Gasteiger partial charge is 0.258 e. The number of fused-ring (bicyclic) bond motifs is 8. The average molecular weight is 418 g/mol. The number of para-hydroxylation sites is 2. The zero-order chi connectivity index (χ0) is 22.2. The van der Waals surface area contributed by atoms with E-state index in [4.69, 9.17) is 0 Å². The molecule has 0 spiro atoms. The van der Waals surface area contributed by atoms with Gasteiger partial charge < -0.3 is 9.13 Å². The van der Waals surface area contributed by atoms with Gasteiger partial charge in [-0.05, 0) is 47.2 Å². The highest BCUT2D eigenvalue weighted by atomic mass is 16.1. The molecule has 4 nitrogen and oxygen atoms in total. The van der Waals surface area contributed by atoms with Gasteiger partial charge in [-0.2, -0.15) is 0 Å². The van der Waals surface area contributed by atoms with Crippen LogP contribution in [-0.4, -0.2) is 9.13 Å². The molecule has 156 valence electrons. The number of rotatable bonds is 0. The number of aromatic nitrogens is 2. The minimum Gasteiger partial charge on any atom is -0.311 e. The molecule has 1 aromatic heterocycles. The molecule has 32 heavy (non-hydrogen) atoms. The molecule has 1 heterocycles. The Balaban J connectivity index is 2.19. The number of hydrogen-bond acceptors (Lipinski definition) is 2. The van der Waals surface area contributed by atoms with E-state index in [1.54, 1.807) is 23.2 Å². The summed E-state index contributed by atoms with van der Waals surface area (Å²) in [5.74, 6) is 0. The molecule has 5 aromatic rings. The molecule has 0 atom stereocenters. The lowest BCUT2D eigenvalue weighted by Gasteiger charge is -2.06. The highest BCUT2D eigenvalue weighted by molar-refractivity contribution is 5.98. The molecule has 4 heteroatoms. The first-order chi connectivity index (χ1) is 15.5. The zero-order valence-electron chi connectivity index (χ0n) is 17.9. The van der Waals surface area contributed by atoms with Crippen molar-refractivity contribution in [1.82, 2.24) is 9.13 Å². The largest absolute Gasteiger partial charge is 0.311 e. The van der Waals surface area contributed by atoms with Crippen molar-refractivity contribution in [2.24, 2.45) is 14.1 Å². The van der Waals surface area contributed by atoms with E-state index in [-0.39, 0.29) is 11.1 Å². The predicted octanol–water partition coefficient (Wildman–Crippen LogP) is 5.38. The van der Waals surface area contributed by atoms with E-state index in [0.717, 1.165) is 32.6 Å². The number of benzene rings is 4. The van der Waals surface area contributed by atoms with Crippen LogP contribution in [0, 0.1) is 0 Å². The van der Waals surface area contributed by atoms with Crippen LogP contribution in [0.1, 0.15) is 0 Å². The van der Waals surface area contributed by atoms with Gasteiger partial charge in [-0.3, -0.25) is 9.59 Å². The maximum Gasteiger partial charge on any atom is 0.258 e. The first-order valence-corrected chi connectivity index (χ1v) is 10.5. The molecule has 0 aliphatic heterocycles. The molecule has 0 N–H and O–H groups in total. The van der Waals surface area contributed by atoms with Gasteiger partial charge in [0.25, 0.3) is 11.1 Å². The third-order valence-electron chi connectivity index (χ3n) is 5.98. The topological polar surface area (TPSA) is 44.0 Å². The quantitative estimate of drug-likeness (QED) is 0.339. The molecule has 0 radical (unpaired) electrons. The van der Waals surface area contributed by atoms with Gasteiger partial charge in [0, 0.05) is 35.6 Å². The Morgan fingerprint density at radius 3 is 1.28 bits per heavy atom. The fraction of sp³-hybridized carbons (Fsp3) is 0.0714. The Morgan fingerprint density at radius 2 is 0.844 bits per heavy atom. The SMILES string of the molecule is Cn1c(=O)c2cccc(c2)c2ccccc2n(C)c(=O)c2cccc(c2)c2ccccc21. The summed E-state index contributed by atoms with van der Waals surface area (Å²) in [6.45, 7) is 0. The second kappa shape index (κ2) is 7.82. The van der Waals surface area contributed by atoms with Crippen molar-refractivity contribution < 1.29 is 0 Å². The van der Waals surface area contributed by atoms with Gasteiger partial charge in [0.05, 0.1) is 11.0 Å². The molecular weight excluding hydrogens is 396 g/mol. The van der Waals surface area contributed by atoms with Crippen LogP contribution >= 0.6 is 0 Å². The third-order valence-corrected chi connectivity index (χ3v) is 5.98. The van der Waals surface area contributed by atoms with Crippen LogP contribution < -0.4 is 11.1 Å². The molecule has 0 unspecified atom stereocenters. The predicted molar refractivity (Wildman–Crippen MR) is 133 cm³/mol. The Kier molecular flexibility index (Phi) is 4.83. The fourth-order valence-corrected chi connectivity index (χ4v) is 4.27. The van der Waals surface area contributed by atoms with Gasteiger partial charge >= 0.3 is 0 Å². The van der Waals surface area contributed by atoms with Crippen LogP contribution in [0.4, 0.5) is 0 Å². The van der Waals surface area contributed by atoms with Crippen LogP contribution in [0.15, 0.2) is 107 Å². The lowest BCUT2D eigenvalue weighted by molar-refractivity contribution is 0.919. The van der Waals surface area contributed by atoms with Gasteiger partial charge in [0.2, 0.25) is 0 Å². The second-order valence-corrected chi connectivity index (χ2v) is 7.92. The molecule has 0 amide bonds. The Labute approximate surface area is 184 Å². The van der Waals surface area contributed by atoms with Crippen molar-refractivity contribution in [2.45, 2.75) is 0 Å². The normalized spacial score (nSPS) is 11.1. The summed E-state index contributed by atoms with van der Waals surface area (Å²) in [5, 5.41) is 4.75. The van der Waals surface area contributed by atoms with Crippen LogP contribution in [0.3, 0.4) is 0 Å². The van der Waals surface area contributed by atoms with Crippen molar-refractivity contribution in [3.8, 4) is 0 Å². The molecule has 0 aliphatic rings. The van der Waals surface area contributed by atoms with Crippen LogP contribution in [0.5, 0.6) is 0 Å². The third kappa shape index (κ3) is 3.26. The van der Waals surface area contributed by atoms with Gasteiger partial charge in [0.1, 0.15) is 0 Å². The second-order valence-electron chi connectivity index (χ2n) is 7.92. The maximum absolute atomic E-state index is 13.5. The van der Waals surface area contributed by atoms with Gasteiger partial charge in [0.15, 0.2) is 0 Å². The number of aryl methyl sites for hydroxylation is 2. The van der Waals surface area contributed by atoms with E-state index in [1.165, 1.54) is 0 Å². The fourth-order valence-electron chi connectivity index (χ4n) is 4.27. The Morgan fingerprint density at radius 1 is 0.469 bits per heavy atom. The summed E-state index contributed by atoms with van der Waals surface area (Å²) in [6.07, 6.45) is 0. The summed E-state index contributed by atoms with van der Waals surface area (Å²) >= 11 is 0. The van der Waals surface area contributed by atoms with Crippen molar-refractivity contribution in [1.29, 1.82) is 0 Å². The molecule has 0 saturated carbocycles. The van der Waals surface area contributed by atoms with E-state index in [1.807, 2.05) is 97.1 Å².